The number of fused-ring (bicyclic) bond motifs is 1. The molecule has 0 aromatic carbocycles. The third kappa shape index (κ3) is 3.29. The largest absolute Gasteiger partial charge is 0.395 e. The number of aliphatic hydroxyl groups excluding tert-OH is 1. The fourth-order valence-corrected chi connectivity index (χ4v) is 3.33. The highest BCUT2D eigenvalue weighted by Gasteiger charge is 2.13. The Bertz CT molecular complexity index is 1010. The summed E-state index contributed by atoms with van der Waals surface area (Å²) in [6.45, 7) is 3.22. The van der Waals surface area contributed by atoms with Crippen molar-refractivity contribution >= 4 is 28.0 Å². The molecule has 0 aliphatic rings. The van der Waals surface area contributed by atoms with Gasteiger partial charge in [-0.15, -0.1) is 0 Å². The van der Waals surface area contributed by atoms with Crippen LogP contribution >= 0.6 is 11.5 Å². The van der Waals surface area contributed by atoms with Crippen molar-refractivity contribution < 1.29 is 5.11 Å². The van der Waals surface area contributed by atoms with E-state index in [2.05, 4.69) is 35.2 Å². The molecule has 0 saturated heterocycles. The second-order valence-electron chi connectivity index (χ2n) is 5.76. The van der Waals surface area contributed by atoms with Gasteiger partial charge in [0.15, 0.2) is 11.5 Å². The SMILES string of the molecule is Cc1cn2c(-c3cn[nH]c3)cnc2c(Nc2cc(CNCCO)ns2)n1. The Morgan fingerprint density at radius 2 is 2.27 bits per heavy atom. The molecule has 9 nitrogen and oxygen atoms in total. The van der Waals surface area contributed by atoms with Crippen LogP contribution in [0.15, 0.2) is 30.9 Å². The smallest absolute Gasteiger partial charge is 0.180 e. The Hall–Kier alpha value is -2.82. The zero-order chi connectivity index (χ0) is 17.9. The van der Waals surface area contributed by atoms with Gasteiger partial charge in [0.05, 0.1) is 36.1 Å². The van der Waals surface area contributed by atoms with Crippen LogP contribution in [0.2, 0.25) is 0 Å². The fourth-order valence-electron chi connectivity index (χ4n) is 2.66. The van der Waals surface area contributed by atoms with Crippen LogP contribution in [-0.4, -0.2) is 47.2 Å². The summed E-state index contributed by atoms with van der Waals surface area (Å²) >= 11 is 1.37. The molecule has 26 heavy (non-hydrogen) atoms. The van der Waals surface area contributed by atoms with E-state index in [0.717, 1.165) is 33.3 Å². The summed E-state index contributed by atoms with van der Waals surface area (Å²) in [6.07, 6.45) is 7.36. The molecule has 0 atom stereocenters. The lowest BCUT2D eigenvalue weighted by molar-refractivity contribution is 0.292. The number of aromatic amines is 1. The van der Waals surface area contributed by atoms with Gasteiger partial charge in [-0.05, 0) is 24.5 Å². The van der Waals surface area contributed by atoms with Crippen LogP contribution in [0.5, 0.6) is 0 Å². The van der Waals surface area contributed by atoms with Crippen LogP contribution in [0.1, 0.15) is 11.4 Å². The van der Waals surface area contributed by atoms with Crippen molar-refractivity contribution in [2.45, 2.75) is 13.5 Å². The zero-order valence-electron chi connectivity index (χ0n) is 14.1. The zero-order valence-corrected chi connectivity index (χ0v) is 14.9. The number of H-pyrrole nitrogens is 1. The van der Waals surface area contributed by atoms with E-state index in [1.165, 1.54) is 11.5 Å². The van der Waals surface area contributed by atoms with Gasteiger partial charge in [0.2, 0.25) is 0 Å². The highest BCUT2D eigenvalue weighted by molar-refractivity contribution is 7.10. The summed E-state index contributed by atoms with van der Waals surface area (Å²) in [6, 6.07) is 1.97. The van der Waals surface area contributed by atoms with Crippen molar-refractivity contribution in [3.05, 3.63) is 42.2 Å². The Morgan fingerprint density at radius 1 is 1.35 bits per heavy atom. The first-order chi connectivity index (χ1) is 12.7. The van der Waals surface area contributed by atoms with Gasteiger partial charge in [-0.2, -0.15) is 9.47 Å². The van der Waals surface area contributed by atoms with Crippen LogP contribution < -0.4 is 10.6 Å². The van der Waals surface area contributed by atoms with E-state index in [4.69, 9.17) is 5.11 Å². The molecule has 10 heteroatoms. The van der Waals surface area contributed by atoms with Crippen molar-refractivity contribution in [3.8, 4) is 11.3 Å². The van der Waals surface area contributed by atoms with Gasteiger partial charge in [0.25, 0.3) is 0 Å². The van der Waals surface area contributed by atoms with Gasteiger partial charge in [-0.1, -0.05) is 0 Å². The molecular formula is C16H18N8OS. The van der Waals surface area contributed by atoms with Crippen LogP contribution in [0.4, 0.5) is 10.8 Å². The third-order valence-electron chi connectivity index (χ3n) is 3.80. The second-order valence-corrected chi connectivity index (χ2v) is 6.57. The summed E-state index contributed by atoms with van der Waals surface area (Å²) in [4.78, 5) is 9.11. The molecule has 0 aliphatic carbocycles. The van der Waals surface area contributed by atoms with E-state index >= 15 is 0 Å². The van der Waals surface area contributed by atoms with Gasteiger partial charge in [-0.3, -0.25) is 9.50 Å². The summed E-state index contributed by atoms with van der Waals surface area (Å²) < 4.78 is 6.40. The van der Waals surface area contributed by atoms with Crippen LogP contribution in [0.3, 0.4) is 0 Å². The summed E-state index contributed by atoms with van der Waals surface area (Å²) in [7, 11) is 0. The van der Waals surface area contributed by atoms with Gasteiger partial charge in [0.1, 0.15) is 5.00 Å². The number of nitrogens with zero attached hydrogens (tertiary/aromatic N) is 5. The molecule has 0 spiro atoms. The third-order valence-corrected chi connectivity index (χ3v) is 4.54. The predicted molar refractivity (Wildman–Crippen MR) is 99.5 cm³/mol. The van der Waals surface area contributed by atoms with Crippen molar-refractivity contribution in [2.75, 3.05) is 18.5 Å². The molecule has 0 aliphatic heterocycles. The van der Waals surface area contributed by atoms with Crippen LogP contribution in [0.25, 0.3) is 16.9 Å². The first kappa shape index (κ1) is 16.6. The Balaban J connectivity index is 1.63. The molecule has 0 fully saturated rings. The molecule has 0 bridgehead atoms. The number of hydrogen-bond acceptors (Lipinski definition) is 8. The number of aryl methyl sites for hydroxylation is 1. The minimum absolute atomic E-state index is 0.110. The number of imidazole rings is 1. The molecule has 4 rings (SSSR count). The number of anilines is 2. The Labute approximate surface area is 153 Å². The van der Waals surface area contributed by atoms with Crippen molar-refractivity contribution in [1.29, 1.82) is 0 Å². The minimum atomic E-state index is 0.110. The first-order valence-electron chi connectivity index (χ1n) is 8.12. The molecule has 0 unspecified atom stereocenters. The molecular weight excluding hydrogens is 352 g/mol. The van der Waals surface area contributed by atoms with E-state index in [0.29, 0.717) is 18.9 Å². The number of nitrogens with one attached hydrogen (secondary N) is 3. The van der Waals surface area contributed by atoms with Crippen molar-refractivity contribution in [3.63, 3.8) is 0 Å². The van der Waals surface area contributed by atoms with Crippen LogP contribution in [-0.2, 0) is 6.54 Å². The van der Waals surface area contributed by atoms with Gasteiger partial charge in [0, 0.05) is 31.0 Å². The Morgan fingerprint density at radius 3 is 3.08 bits per heavy atom. The highest BCUT2D eigenvalue weighted by atomic mass is 32.1. The standard InChI is InChI=1S/C16H18N8OS/c1-10-9-24-13(11-5-19-20-6-11)8-18-16(24)15(21-10)22-14-4-12(23-26-14)7-17-2-3-25/h4-6,8-9,17,25H,2-3,7H2,1H3,(H,19,20)(H,21,22). The molecule has 4 heterocycles. The lowest BCUT2D eigenvalue weighted by atomic mass is 10.3. The quantitative estimate of drug-likeness (QED) is 0.366. The second kappa shape index (κ2) is 7.20. The van der Waals surface area contributed by atoms with Crippen LogP contribution in [0, 0.1) is 6.92 Å². The van der Waals surface area contributed by atoms with Gasteiger partial charge in [-0.25, -0.2) is 9.97 Å². The van der Waals surface area contributed by atoms with Gasteiger partial charge < -0.3 is 15.7 Å². The van der Waals surface area contributed by atoms with E-state index in [1.54, 1.807) is 6.20 Å². The summed E-state index contributed by atoms with van der Waals surface area (Å²) in [5.41, 5.74) is 4.43. The molecule has 4 aromatic heterocycles. The molecule has 134 valence electrons. The maximum atomic E-state index is 8.83. The summed E-state index contributed by atoms with van der Waals surface area (Å²) in [5, 5.41) is 23.0. The van der Waals surface area contributed by atoms with Crippen molar-refractivity contribution in [2.24, 2.45) is 0 Å². The monoisotopic (exact) mass is 370 g/mol. The average molecular weight is 370 g/mol. The maximum absolute atomic E-state index is 8.83. The molecule has 0 radical (unpaired) electrons. The number of aliphatic hydroxyl groups is 1. The molecule has 4 N–H and O–H groups in total. The average Bonchev–Trinajstić information content (AvgIpc) is 3.35. The number of hydrogen-bond donors (Lipinski definition) is 4. The maximum Gasteiger partial charge on any atom is 0.180 e. The van der Waals surface area contributed by atoms with Gasteiger partial charge >= 0.3 is 0 Å². The lowest BCUT2D eigenvalue weighted by Crippen LogP contribution is -2.17. The minimum Gasteiger partial charge on any atom is -0.395 e. The first-order valence-corrected chi connectivity index (χ1v) is 8.90. The van der Waals surface area contributed by atoms with E-state index in [9.17, 15) is 0 Å². The fraction of sp³-hybridized carbons (Fsp3) is 0.250. The van der Waals surface area contributed by atoms with E-state index in [1.807, 2.05) is 36.0 Å². The molecule has 0 saturated carbocycles. The number of rotatable bonds is 7. The lowest BCUT2D eigenvalue weighted by Gasteiger charge is -2.07. The van der Waals surface area contributed by atoms with E-state index < -0.39 is 0 Å². The predicted octanol–water partition coefficient (Wildman–Crippen LogP) is 1.71. The molecule has 0 amide bonds. The molecule has 4 aromatic rings. The summed E-state index contributed by atoms with van der Waals surface area (Å²) in [5.74, 6) is 0.679. The topological polar surface area (TPSA) is 116 Å². The highest BCUT2D eigenvalue weighted by Crippen LogP contribution is 2.27. The number of aromatic nitrogens is 6. The van der Waals surface area contributed by atoms with E-state index in [-0.39, 0.29) is 6.61 Å². The normalized spacial score (nSPS) is 11.3. The Kier molecular flexibility index (Phi) is 4.61. The van der Waals surface area contributed by atoms with Crippen molar-refractivity contribution in [1.82, 2.24) is 34.3 Å².